The molecule has 1 aromatic rings. The molecule has 1 heterocycles. The van der Waals surface area contributed by atoms with Gasteiger partial charge in [-0.1, -0.05) is 18.9 Å². The van der Waals surface area contributed by atoms with Crippen LogP contribution in [0.15, 0.2) is 29.2 Å². The molecule has 1 aromatic carbocycles. The quantitative estimate of drug-likeness (QED) is 0.661. The molecular weight excluding hydrogens is 378 g/mol. The van der Waals surface area contributed by atoms with Crippen molar-refractivity contribution in [2.75, 3.05) is 46.4 Å². The zero-order valence-electron chi connectivity index (χ0n) is 16.6. The van der Waals surface area contributed by atoms with Gasteiger partial charge in [0, 0.05) is 44.9 Å². The van der Waals surface area contributed by atoms with Crippen LogP contribution >= 0.6 is 0 Å². The fourth-order valence-corrected chi connectivity index (χ4v) is 5.13. The Kier molecular flexibility index (Phi) is 7.45. The van der Waals surface area contributed by atoms with Crippen molar-refractivity contribution in [1.29, 1.82) is 0 Å². The van der Waals surface area contributed by atoms with E-state index in [-0.39, 0.29) is 10.8 Å². The lowest BCUT2D eigenvalue weighted by Crippen LogP contribution is -2.47. The lowest BCUT2D eigenvalue weighted by Gasteiger charge is -2.31. The average molecular weight is 410 g/mol. The first-order valence-electron chi connectivity index (χ1n) is 10.2. The molecule has 2 aliphatic rings. The monoisotopic (exact) mass is 409 g/mol. The maximum atomic E-state index is 12.9. The first-order chi connectivity index (χ1) is 13.5. The second kappa shape index (κ2) is 9.82. The molecule has 1 N–H and O–H groups in total. The van der Waals surface area contributed by atoms with Crippen molar-refractivity contribution in [2.45, 2.75) is 43.1 Å². The highest BCUT2D eigenvalue weighted by Gasteiger charge is 2.27. The van der Waals surface area contributed by atoms with E-state index in [9.17, 15) is 13.2 Å². The Morgan fingerprint density at radius 3 is 2.61 bits per heavy atom. The number of ether oxygens (including phenoxy) is 1. The standard InChI is InChI=1S/C20H31N3O4S/c1-22-11-13-23(14-12-22)28(25,26)19-9-4-6-17(16-19)20(24)21-10-5-15-27-18-7-2-3-8-18/h4,6,9,16,18H,2-3,5,7-8,10-15H2,1H3,(H,21,24). The summed E-state index contributed by atoms with van der Waals surface area (Å²) in [6.45, 7) is 3.51. The van der Waals surface area contributed by atoms with Gasteiger partial charge in [-0.25, -0.2) is 8.42 Å². The van der Waals surface area contributed by atoms with Crippen LogP contribution in [0.5, 0.6) is 0 Å². The Hall–Kier alpha value is -1.48. The van der Waals surface area contributed by atoms with E-state index in [4.69, 9.17) is 4.74 Å². The Morgan fingerprint density at radius 2 is 1.89 bits per heavy atom. The fourth-order valence-electron chi connectivity index (χ4n) is 3.66. The number of carbonyl (C=O) groups excluding carboxylic acids is 1. The smallest absolute Gasteiger partial charge is 0.251 e. The van der Waals surface area contributed by atoms with E-state index in [1.807, 2.05) is 7.05 Å². The third kappa shape index (κ3) is 5.53. The van der Waals surface area contributed by atoms with Crippen LogP contribution in [0.3, 0.4) is 0 Å². The molecule has 0 radical (unpaired) electrons. The molecule has 1 saturated carbocycles. The SMILES string of the molecule is CN1CCN(S(=O)(=O)c2cccc(C(=O)NCCCOC3CCCC3)c2)CC1. The van der Waals surface area contributed by atoms with Gasteiger partial charge >= 0.3 is 0 Å². The van der Waals surface area contributed by atoms with Gasteiger partial charge < -0.3 is 15.0 Å². The van der Waals surface area contributed by atoms with Crippen molar-refractivity contribution in [2.24, 2.45) is 0 Å². The molecule has 1 amide bonds. The molecular formula is C20H31N3O4S. The number of benzene rings is 1. The predicted octanol–water partition coefficient (Wildman–Crippen LogP) is 1.70. The van der Waals surface area contributed by atoms with Gasteiger partial charge in [-0.05, 0) is 44.5 Å². The molecule has 1 saturated heterocycles. The number of hydrogen-bond donors (Lipinski definition) is 1. The number of likely N-dealkylation sites (N-methyl/N-ethyl adjacent to an activating group) is 1. The summed E-state index contributed by atoms with van der Waals surface area (Å²) >= 11 is 0. The van der Waals surface area contributed by atoms with Gasteiger partial charge in [-0.15, -0.1) is 0 Å². The van der Waals surface area contributed by atoms with Crippen LogP contribution < -0.4 is 5.32 Å². The Morgan fingerprint density at radius 1 is 1.18 bits per heavy atom. The van der Waals surface area contributed by atoms with Crippen molar-refractivity contribution in [1.82, 2.24) is 14.5 Å². The van der Waals surface area contributed by atoms with E-state index in [1.54, 1.807) is 18.2 Å². The number of nitrogens with one attached hydrogen (secondary N) is 1. The number of amides is 1. The average Bonchev–Trinajstić information content (AvgIpc) is 3.21. The molecule has 7 nitrogen and oxygen atoms in total. The fraction of sp³-hybridized carbons (Fsp3) is 0.650. The number of carbonyl (C=O) groups is 1. The molecule has 3 rings (SSSR count). The molecule has 0 bridgehead atoms. The van der Waals surface area contributed by atoms with Crippen LogP contribution in [0.25, 0.3) is 0 Å². The third-order valence-electron chi connectivity index (χ3n) is 5.46. The number of hydrogen-bond acceptors (Lipinski definition) is 5. The summed E-state index contributed by atoms with van der Waals surface area (Å²) in [6.07, 6.45) is 5.90. The molecule has 1 aliphatic carbocycles. The Labute approximate surface area is 168 Å². The van der Waals surface area contributed by atoms with Crippen LogP contribution in [-0.4, -0.2) is 76.0 Å². The summed E-state index contributed by atoms with van der Waals surface area (Å²) in [4.78, 5) is 14.7. The summed E-state index contributed by atoms with van der Waals surface area (Å²) in [7, 11) is -1.59. The number of nitrogens with zero attached hydrogens (tertiary/aromatic N) is 2. The molecule has 0 atom stereocenters. The summed E-state index contributed by atoms with van der Waals surface area (Å²) in [5.41, 5.74) is 0.368. The minimum atomic E-state index is -3.57. The summed E-state index contributed by atoms with van der Waals surface area (Å²) in [6, 6.07) is 6.30. The zero-order chi connectivity index (χ0) is 20.0. The minimum Gasteiger partial charge on any atom is -0.378 e. The summed E-state index contributed by atoms with van der Waals surface area (Å²) < 4.78 is 33.0. The molecule has 0 spiro atoms. The number of piperazine rings is 1. The van der Waals surface area contributed by atoms with E-state index in [1.165, 1.54) is 23.2 Å². The van der Waals surface area contributed by atoms with Crippen molar-refractivity contribution in [3.05, 3.63) is 29.8 Å². The number of rotatable bonds is 8. The maximum Gasteiger partial charge on any atom is 0.251 e. The van der Waals surface area contributed by atoms with Gasteiger partial charge in [0.15, 0.2) is 0 Å². The largest absolute Gasteiger partial charge is 0.378 e. The second-order valence-electron chi connectivity index (χ2n) is 7.62. The molecule has 1 aliphatic heterocycles. The molecule has 0 aromatic heterocycles. The molecule has 156 valence electrons. The first-order valence-corrected chi connectivity index (χ1v) is 11.6. The highest BCUT2D eigenvalue weighted by atomic mass is 32.2. The summed E-state index contributed by atoms with van der Waals surface area (Å²) in [5, 5.41) is 2.85. The topological polar surface area (TPSA) is 79.0 Å². The molecule has 2 fully saturated rings. The zero-order valence-corrected chi connectivity index (χ0v) is 17.4. The highest BCUT2D eigenvalue weighted by molar-refractivity contribution is 7.89. The van der Waals surface area contributed by atoms with E-state index < -0.39 is 10.0 Å². The molecule has 0 unspecified atom stereocenters. The predicted molar refractivity (Wildman–Crippen MR) is 108 cm³/mol. The first kappa shape index (κ1) is 21.2. The van der Waals surface area contributed by atoms with Gasteiger partial charge in [-0.2, -0.15) is 4.31 Å². The van der Waals surface area contributed by atoms with Gasteiger partial charge in [0.1, 0.15) is 0 Å². The van der Waals surface area contributed by atoms with Gasteiger partial charge in [0.2, 0.25) is 10.0 Å². The highest BCUT2D eigenvalue weighted by Crippen LogP contribution is 2.21. The van der Waals surface area contributed by atoms with Crippen LogP contribution in [0, 0.1) is 0 Å². The Balaban J connectivity index is 1.51. The van der Waals surface area contributed by atoms with Crippen molar-refractivity contribution in [3.8, 4) is 0 Å². The maximum absolute atomic E-state index is 12.9. The van der Waals surface area contributed by atoms with Crippen molar-refractivity contribution >= 4 is 15.9 Å². The van der Waals surface area contributed by atoms with Gasteiger partial charge in [-0.3, -0.25) is 4.79 Å². The minimum absolute atomic E-state index is 0.175. The van der Waals surface area contributed by atoms with Crippen LogP contribution in [-0.2, 0) is 14.8 Å². The Bertz CT molecular complexity index is 754. The van der Waals surface area contributed by atoms with Crippen molar-refractivity contribution < 1.29 is 17.9 Å². The summed E-state index contributed by atoms with van der Waals surface area (Å²) in [5.74, 6) is -0.253. The second-order valence-corrected chi connectivity index (χ2v) is 9.56. The molecule has 8 heteroatoms. The normalized spacial score (nSPS) is 19.8. The van der Waals surface area contributed by atoms with E-state index in [0.29, 0.717) is 51.0 Å². The van der Waals surface area contributed by atoms with E-state index >= 15 is 0 Å². The molecule has 28 heavy (non-hydrogen) atoms. The van der Waals surface area contributed by atoms with E-state index in [2.05, 4.69) is 10.2 Å². The lowest BCUT2D eigenvalue weighted by atomic mass is 10.2. The van der Waals surface area contributed by atoms with Crippen LogP contribution in [0.1, 0.15) is 42.5 Å². The van der Waals surface area contributed by atoms with Crippen LogP contribution in [0.2, 0.25) is 0 Å². The lowest BCUT2D eigenvalue weighted by molar-refractivity contribution is 0.0565. The van der Waals surface area contributed by atoms with Gasteiger partial charge in [0.25, 0.3) is 5.91 Å². The van der Waals surface area contributed by atoms with E-state index in [0.717, 1.165) is 19.3 Å². The number of sulfonamides is 1. The van der Waals surface area contributed by atoms with Crippen LogP contribution in [0.4, 0.5) is 0 Å². The van der Waals surface area contributed by atoms with Crippen molar-refractivity contribution in [3.63, 3.8) is 0 Å². The van der Waals surface area contributed by atoms with Gasteiger partial charge in [0.05, 0.1) is 11.0 Å². The third-order valence-corrected chi connectivity index (χ3v) is 7.35.